The predicted molar refractivity (Wildman–Crippen MR) is 127 cm³/mol. The van der Waals surface area contributed by atoms with Gasteiger partial charge in [0.2, 0.25) is 0 Å². The quantitative estimate of drug-likeness (QED) is 0.447. The van der Waals surface area contributed by atoms with Crippen LogP contribution in [0.1, 0.15) is 97.8 Å². The van der Waals surface area contributed by atoms with Crippen molar-refractivity contribution in [2.75, 3.05) is 6.61 Å². The molecule has 5 rings (SSSR count). The third kappa shape index (κ3) is 6.37. The fraction of sp³-hybridized carbons (Fsp3) is 0.815. The van der Waals surface area contributed by atoms with Gasteiger partial charge in [0.05, 0.1) is 12.7 Å². The molecule has 0 heterocycles. The van der Waals surface area contributed by atoms with Crippen LogP contribution < -0.4 is 10.6 Å². The van der Waals surface area contributed by atoms with Gasteiger partial charge in [0.15, 0.2) is 0 Å². The molecule has 0 aromatic rings. The van der Waals surface area contributed by atoms with Gasteiger partial charge in [-0.1, -0.05) is 23.3 Å². The molecule has 5 fully saturated rings. The van der Waals surface area contributed by atoms with Crippen LogP contribution in [0, 0.1) is 17.8 Å². The second kappa shape index (κ2) is 10.1. The van der Waals surface area contributed by atoms with E-state index < -0.39 is 0 Å². The summed E-state index contributed by atoms with van der Waals surface area (Å²) >= 11 is 0. The molecule has 0 aromatic heterocycles. The molecule has 4 heteroatoms. The first kappa shape index (κ1) is 22.9. The van der Waals surface area contributed by atoms with Crippen molar-refractivity contribution >= 4 is 6.03 Å². The van der Waals surface area contributed by atoms with E-state index in [1.54, 1.807) is 0 Å². The van der Waals surface area contributed by atoms with Gasteiger partial charge in [0.1, 0.15) is 0 Å². The summed E-state index contributed by atoms with van der Waals surface area (Å²) in [6.07, 6.45) is 19.2. The molecular formula is C27H44N2O2. The van der Waals surface area contributed by atoms with Crippen LogP contribution >= 0.6 is 0 Å². The van der Waals surface area contributed by atoms with Gasteiger partial charge in [0.25, 0.3) is 0 Å². The molecule has 5 aliphatic rings. The summed E-state index contributed by atoms with van der Waals surface area (Å²) in [4.78, 5) is 12.8. The number of rotatable bonds is 8. The van der Waals surface area contributed by atoms with Crippen LogP contribution in [0.3, 0.4) is 0 Å². The summed E-state index contributed by atoms with van der Waals surface area (Å²) in [5.41, 5.74) is 2.91. The molecule has 174 valence electrons. The Morgan fingerprint density at radius 1 is 0.935 bits per heavy atom. The molecule has 0 aliphatic heterocycles. The fourth-order valence-electron chi connectivity index (χ4n) is 7.12. The first-order valence-corrected chi connectivity index (χ1v) is 12.9. The highest BCUT2D eigenvalue weighted by Crippen LogP contribution is 2.55. The number of nitrogens with one attached hydrogen (secondary N) is 2. The van der Waals surface area contributed by atoms with Crippen LogP contribution in [0.5, 0.6) is 0 Å². The Balaban J connectivity index is 1.13. The lowest BCUT2D eigenvalue weighted by atomic mass is 9.53. The topological polar surface area (TPSA) is 50.4 Å². The van der Waals surface area contributed by atoms with Gasteiger partial charge in [-0.15, -0.1) is 0 Å². The fourth-order valence-corrected chi connectivity index (χ4v) is 7.12. The Morgan fingerprint density at radius 3 is 2.13 bits per heavy atom. The Kier molecular flexibility index (Phi) is 7.46. The zero-order valence-electron chi connectivity index (χ0n) is 20.1. The Morgan fingerprint density at radius 2 is 1.55 bits per heavy atom. The highest BCUT2D eigenvalue weighted by molar-refractivity contribution is 5.75. The number of ether oxygens (including phenoxy) is 1. The van der Waals surface area contributed by atoms with Gasteiger partial charge in [-0.25, -0.2) is 4.79 Å². The van der Waals surface area contributed by atoms with E-state index in [-0.39, 0.29) is 11.6 Å². The summed E-state index contributed by atoms with van der Waals surface area (Å²) < 4.78 is 6.11. The lowest BCUT2D eigenvalue weighted by Gasteiger charge is -2.56. The molecule has 5 saturated carbocycles. The molecule has 0 saturated heterocycles. The number of amides is 2. The van der Waals surface area contributed by atoms with E-state index in [1.807, 2.05) is 0 Å². The highest BCUT2D eigenvalue weighted by Gasteiger charge is 2.51. The molecule has 4 nitrogen and oxygen atoms in total. The van der Waals surface area contributed by atoms with E-state index in [1.165, 1.54) is 49.7 Å². The number of urea groups is 1. The van der Waals surface area contributed by atoms with Crippen molar-refractivity contribution in [1.29, 1.82) is 0 Å². The normalized spacial score (nSPS) is 36.9. The van der Waals surface area contributed by atoms with Gasteiger partial charge in [-0.3, -0.25) is 0 Å². The zero-order valence-corrected chi connectivity index (χ0v) is 20.1. The smallest absolute Gasteiger partial charge is 0.315 e. The van der Waals surface area contributed by atoms with Crippen molar-refractivity contribution < 1.29 is 9.53 Å². The molecule has 2 amide bonds. The van der Waals surface area contributed by atoms with Crippen LogP contribution in [-0.4, -0.2) is 30.3 Å². The van der Waals surface area contributed by atoms with E-state index in [2.05, 4.69) is 43.6 Å². The van der Waals surface area contributed by atoms with Crippen molar-refractivity contribution in [1.82, 2.24) is 10.6 Å². The highest BCUT2D eigenvalue weighted by atomic mass is 16.5. The van der Waals surface area contributed by atoms with E-state index in [4.69, 9.17) is 4.74 Å². The number of hydrogen-bond donors (Lipinski definition) is 2. The summed E-state index contributed by atoms with van der Waals surface area (Å²) in [7, 11) is 0. The van der Waals surface area contributed by atoms with E-state index in [9.17, 15) is 4.79 Å². The summed E-state index contributed by atoms with van der Waals surface area (Å²) in [6, 6.07) is 0.386. The molecule has 0 unspecified atom stereocenters. The number of carbonyl (C=O) groups is 1. The van der Waals surface area contributed by atoms with E-state index >= 15 is 0 Å². The second-order valence-corrected chi connectivity index (χ2v) is 11.5. The van der Waals surface area contributed by atoms with Crippen molar-refractivity contribution in [3.8, 4) is 0 Å². The lowest BCUT2D eigenvalue weighted by molar-refractivity contribution is -0.0139. The molecule has 0 radical (unpaired) electrons. The van der Waals surface area contributed by atoms with E-state index in [0.29, 0.717) is 12.1 Å². The lowest BCUT2D eigenvalue weighted by Crippen LogP contribution is -2.62. The van der Waals surface area contributed by atoms with Gasteiger partial charge >= 0.3 is 6.03 Å². The molecule has 0 atom stereocenters. The largest absolute Gasteiger partial charge is 0.374 e. The number of allylic oxidation sites excluding steroid dienone is 3. The number of hydrogen-bond acceptors (Lipinski definition) is 2. The number of carbonyl (C=O) groups excluding carboxylic acids is 1. The molecule has 0 aromatic carbocycles. The summed E-state index contributed by atoms with van der Waals surface area (Å²) in [6.45, 7) is 7.22. The molecule has 2 N–H and O–H groups in total. The molecular weight excluding hydrogens is 384 g/mol. The van der Waals surface area contributed by atoms with Crippen LogP contribution in [0.25, 0.3) is 0 Å². The first-order chi connectivity index (χ1) is 14.9. The molecule has 5 aliphatic carbocycles. The minimum atomic E-state index is 0.0845. The minimum absolute atomic E-state index is 0.0845. The molecule has 0 spiro atoms. The molecule has 4 bridgehead atoms. The first-order valence-electron chi connectivity index (χ1n) is 12.9. The maximum Gasteiger partial charge on any atom is 0.315 e. The maximum absolute atomic E-state index is 12.8. The van der Waals surface area contributed by atoms with Crippen molar-refractivity contribution in [2.24, 2.45) is 17.8 Å². The Hall–Kier alpha value is -1.29. The summed E-state index contributed by atoms with van der Waals surface area (Å²) in [5, 5.41) is 6.76. The Bertz CT molecular complexity index is 648. The minimum Gasteiger partial charge on any atom is -0.374 e. The average molecular weight is 429 g/mol. The standard InChI is InChI=1S/C27H44N2O2/c1-19(2)5-4-6-20(3)11-12-31-25-9-7-24(8-10-25)28-26(30)29-27-16-21-13-22(17-27)15-23(14-21)18-27/h5,11,21-25H,4,6-10,12-18H2,1-3H3,(H2,28,29,30)/b20-11+. The zero-order chi connectivity index (χ0) is 21.8. The predicted octanol–water partition coefficient (Wildman–Crippen LogP) is 6.27. The second-order valence-electron chi connectivity index (χ2n) is 11.5. The molecule has 31 heavy (non-hydrogen) atoms. The van der Waals surface area contributed by atoms with Crippen LogP contribution in [0.2, 0.25) is 0 Å². The van der Waals surface area contributed by atoms with Gasteiger partial charge in [0, 0.05) is 11.6 Å². The van der Waals surface area contributed by atoms with Crippen molar-refractivity contribution in [2.45, 2.75) is 116 Å². The van der Waals surface area contributed by atoms with Crippen molar-refractivity contribution in [3.05, 3.63) is 23.3 Å². The van der Waals surface area contributed by atoms with Crippen molar-refractivity contribution in [3.63, 3.8) is 0 Å². The van der Waals surface area contributed by atoms with Crippen LogP contribution in [0.15, 0.2) is 23.3 Å². The van der Waals surface area contributed by atoms with E-state index in [0.717, 1.165) is 62.9 Å². The average Bonchev–Trinajstić information content (AvgIpc) is 2.67. The maximum atomic E-state index is 12.8. The van der Waals surface area contributed by atoms with Gasteiger partial charge in [-0.2, -0.15) is 0 Å². The van der Waals surface area contributed by atoms with Crippen LogP contribution in [-0.2, 0) is 4.74 Å². The third-order valence-corrected chi connectivity index (χ3v) is 8.28. The van der Waals surface area contributed by atoms with Crippen LogP contribution in [0.4, 0.5) is 4.79 Å². The summed E-state index contributed by atoms with van der Waals surface area (Å²) in [5.74, 6) is 2.59. The SMILES string of the molecule is CC(C)=CCC/C(C)=C/COC1CCC(NC(=O)NC23CC4CC(CC(C4)C2)C3)CC1. The third-order valence-electron chi connectivity index (χ3n) is 8.28. The van der Waals surface area contributed by atoms with Gasteiger partial charge in [-0.05, 0) is 116 Å². The Labute approximate surface area is 189 Å². The monoisotopic (exact) mass is 428 g/mol. The van der Waals surface area contributed by atoms with Gasteiger partial charge < -0.3 is 15.4 Å².